The summed E-state index contributed by atoms with van der Waals surface area (Å²) in [4.78, 5) is 11.7. The van der Waals surface area contributed by atoms with E-state index in [4.69, 9.17) is 0 Å². The van der Waals surface area contributed by atoms with Crippen molar-refractivity contribution in [1.82, 2.24) is 24.1 Å². The van der Waals surface area contributed by atoms with Crippen molar-refractivity contribution in [2.75, 3.05) is 0 Å². The topological polar surface area (TPSA) is 57.6 Å². The molecule has 3 rings (SSSR count). The number of hydrogen-bond acceptors (Lipinski definition) is 3. The number of halogens is 2. The van der Waals surface area contributed by atoms with E-state index in [1.165, 1.54) is 27.8 Å². The van der Waals surface area contributed by atoms with Crippen LogP contribution in [0.15, 0.2) is 41.6 Å². The number of aromatic nitrogens is 5. The molecule has 0 saturated carbocycles. The Bertz CT molecular complexity index is 828. The van der Waals surface area contributed by atoms with Crippen LogP contribution in [0.25, 0.3) is 5.69 Å². The Kier molecular flexibility index (Phi) is 3.13. The van der Waals surface area contributed by atoms with E-state index in [1.54, 1.807) is 13.1 Å². The Labute approximate surface area is 117 Å². The Hall–Kier alpha value is -2.77. The number of para-hydroxylation sites is 1. The summed E-state index contributed by atoms with van der Waals surface area (Å²) in [6, 6.07) is 5.17. The second kappa shape index (κ2) is 4.97. The van der Waals surface area contributed by atoms with Gasteiger partial charge in [-0.15, -0.1) is 0 Å². The quantitative estimate of drug-likeness (QED) is 0.726. The van der Waals surface area contributed by atoms with Crippen LogP contribution in [0.3, 0.4) is 0 Å². The molecule has 2 heterocycles. The van der Waals surface area contributed by atoms with E-state index in [0.29, 0.717) is 5.69 Å². The van der Waals surface area contributed by atoms with E-state index in [-0.39, 0.29) is 17.9 Å². The summed E-state index contributed by atoms with van der Waals surface area (Å²) in [5, 5.41) is 7.97. The van der Waals surface area contributed by atoms with Gasteiger partial charge < -0.3 is 0 Å². The maximum atomic E-state index is 13.7. The van der Waals surface area contributed by atoms with Crippen LogP contribution in [0.1, 0.15) is 5.69 Å². The van der Waals surface area contributed by atoms with Crippen LogP contribution in [-0.2, 0) is 13.6 Å². The Balaban J connectivity index is 1.94. The number of hydrogen-bond donors (Lipinski definition) is 0. The zero-order valence-corrected chi connectivity index (χ0v) is 11.1. The van der Waals surface area contributed by atoms with Gasteiger partial charge in [-0.2, -0.15) is 10.2 Å². The van der Waals surface area contributed by atoms with Gasteiger partial charge in [0.15, 0.2) is 11.6 Å². The van der Waals surface area contributed by atoms with Crippen molar-refractivity contribution in [2.45, 2.75) is 6.54 Å². The number of benzene rings is 1. The molecular formula is C13H11F2N5O. The summed E-state index contributed by atoms with van der Waals surface area (Å²) in [5.41, 5.74) is -0.0720. The molecule has 3 aromatic rings. The van der Waals surface area contributed by atoms with E-state index < -0.39 is 11.6 Å². The van der Waals surface area contributed by atoms with Gasteiger partial charge in [-0.1, -0.05) is 6.07 Å². The molecular weight excluding hydrogens is 280 g/mol. The molecule has 21 heavy (non-hydrogen) atoms. The minimum atomic E-state index is -0.709. The summed E-state index contributed by atoms with van der Waals surface area (Å²) in [6.45, 7) is 0.128. The predicted molar refractivity (Wildman–Crippen MR) is 70.1 cm³/mol. The van der Waals surface area contributed by atoms with E-state index in [2.05, 4.69) is 10.2 Å². The third-order valence-corrected chi connectivity index (χ3v) is 3.01. The SMILES string of the molecule is Cn1cnn(Cc2ccn(-c3c(F)cccc3F)n2)c1=O. The van der Waals surface area contributed by atoms with Crippen molar-refractivity contribution in [2.24, 2.45) is 7.05 Å². The first kappa shape index (κ1) is 13.2. The van der Waals surface area contributed by atoms with Crippen LogP contribution >= 0.6 is 0 Å². The first-order valence-electron chi connectivity index (χ1n) is 6.13. The van der Waals surface area contributed by atoms with Gasteiger partial charge in [-0.05, 0) is 18.2 Å². The van der Waals surface area contributed by atoms with Crippen molar-refractivity contribution in [3.63, 3.8) is 0 Å². The van der Waals surface area contributed by atoms with Gasteiger partial charge >= 0.3 is 5.69 Å². The van der Waals surface area contributed by atoms with Gasteiger partial charge in [-0.3, -0.25) is 4.57 Å². The molecule has 0 spiro atoms. The minimum absolute atomic E-state index is 0.128. The second-order valence-corrected chi connectivity index (χ2v) is 4.50. The first-order valence-corrected chi connectivity index (χ1v) is 6.13. The predicted octanol–water partition coefficient (Wildman–Crippen LogP) is 1.09. The molecule has 0 saturated heterocycles. The summed E-state index contributed by atoms with van der Waals surface area (Å²) in [5.74, 6) is -1.42. The van der Waals surface area contributed by atoms with Crippen LogP contribution in [0.5, 0.6) is 0 Å². The van der Waals surface area contributed by atoms with Gasteiger partial charge in [0.2, 0.25) is 0 Å². The molecule has 8 heteroatoms. The molecule has 0 aliphatic heterocycles. The lowest BCUT2D eigenvalue weighted by Crippen LogP contribution is -2.23. The van der Waals surface area contributed by atoms with Crippen LogP contribution < -0.4 is 5.69 Å². The number of nitrogens with zero attached hydrogens (tertiary/aromatic N) is 5. The molecule has 2 aromatic heterocycles. The maximum Gasteiger partial charge on any atom is 0.345 e. The average molecular weight is 291 g/mol. The van der Waals surface area contributed by atoms with Gasteiger partial charge in [0.1, 0.15) is 12.0 Å². The van der Waals surface area contributed by atoms with E-state index in [0.717, 1.165) is 16.8 Å². The summed E-state index contributed by atoms with van der Waals surface area (Å²) in [6.07, 6.45) is 2.82. The normalized spacial score (nSPS) is 11.0. The smallest absolute Gasteiger partial charge is 0.285 e. The van der Waals surface area contributed by atoms with Crippen LogP contribution in [0.4, 0.5) is 8.78 Å². The molecule has 108 valence electrons. The first-order chi connectivity index (χ1) is 10.1. The molecule has 0 atom stereocenters. The Morgan fingerprint density at radius 2 is 1.90 bits per heavy atom. The van der Waals surface area contributed by atoms with E-state index in [9.17, 15) is 13.6 Å². The fourth-order valence-electron chi connectivity index (χ4n) is 1.96. The number of aryl methyl sites for hydroxylation is 1. The highest BCUT2D eigenvalue weighted by atomic mass is 19.1. The fourth-order valence-corrected chi connectivity index (χ4v) is 1.96. The van der Waals surface area contributed by atoms with Gasteiger partial charge in [0, 0.05) is 13.2 Å². The monoisotopic (exact) mass is 291 g/mol. The number of rotatable bonds is 3. The maximum absolute atomic E-state index is 13.7. The molecule has 1 aromatic carbocycles. The van der Waals surface area contributed by atoms with Crippen molar-refractivity contribution in [1.29, 1.82) is 0 Å². The highest BCUT2D eigenvalue weighted by molar-refractivity contribution is 5.34. The summed E-state index contributed by atoms with van der Waals surface area (Å²) in [7, 11) is 1.58. The second-order valence-electron chi connectivity index (χ2n) is 4.50. The molecule has 0 N–H and O–H groups in total. The Morgan fingerprint density at radius 3 is 2.52 bits per heavy atom. The fraction of sp³-hybridized carbons (Fsp3) is 0.154. The lowest BCUT2D eigenvalue weighted by molar-refractivity contribution is 0.556. The zero-order valence-electron chi connectivity index (χ0n) is 11.1. The van der Waals surface area contributed by atoms with Crippen molar-refractivity contribution in [3.05, 3.63) is 64.6 Å². The van der Waals surface area contributed by atoms with Gasteiger partial charge in [-0.25, -0.2) is 22.9 Å². The zero-order chi connectivity index (χ0) is 15.0. The van der Waals surface area contributed by atoms with Crippen LogP contribution in [-0.4, -0.2) is 24.1 Å². The molecule has 0 amide bonds. The van der Waals surface area contributed by atoms with Crippen molar-refractivity contribution in [3.8, 4) is 5.69 Å². The molecule has 0 fully saturated rings. The summed E-state index contributed by atoms with van der Waals surface area (Å²) < 4.78 is 31.0. The van der Waals surface area contributed by atoms with Crippen LogP contribution in [0, 0.1) is 11.6 Å². The van der Waals surface area contributed by atoms with Gasteiger partial charge in [0.25, 0.3) is 0 Å². The Morgan fingerprint density at radius 1 is 1.19 bits per heavy atom. The van der Waals surface area contributed by atoms with Crippen molar-refractivity contribution < 1.29 is 8.78 Å². The average Bonchev–Trinajstić information content (AvgIpc) is 3.01. The van der Waals surface area contributed by atoms with Crippen molar-refractivity contribution >= 4 is 0 Å². The van der Waals surface area contributed by atoms with Gasteiger partial charge in [0.05, 0.1) is 12.2 Å². The molecule has 6 nitrogen and oxygen atoms in total. The lowest BCUT2D eigenvalue weighted by Gasteiger charge is -2.04. The standard InChI is InChI=1S/C13H11F2N5O/c1-18-8-16-20(13(18)21)7-9-5-6-19(17-9)12-10(14)3-2-4-11(12)15/h2-6,8H,7H2,1H3. The highest BCUT2D eigenvalue weighted by Crippen LogP contribution is 2.16. The van der Waals surface area contributed by atoms with E-state index in [1.807, 2.05) is 0 Å². The molecule has 0 radical (unpaired) electrons. The van der Waals surface area contributed by atoms with Crippen LogP contribution in [0.2, 0.25) is 0 Å². The highest BCUT2D eigenvalue weighted by Gasteiger charge is 2.12. The molecule has 0 aliphatic rings. The van der Waals surface area contributed by atoms with E-state index >= 15 is 0 Å². The lowest BCUT2D eigenvalue weighted by atomic mass is 10.3. The molecule has 0 aliphatic carbocycles. The third-order valence-electron chi connectivity index (χ3n) is 3.01. The third kappa shape index (κ3) is 2.35. The molecule has 0 bridgehead atoms. The molecule has 0 unspecified atom stereocenters. The minimum Gasteiger partial charge on any atom is -0.285 e. The summed E-state index contributed by atoms with van der Waals surface area (Å²) >= 11 is 0. The largest absolute Gasteiger partial charge is 0.345 e.